The molecular weight excluding hydrogens is 379 g/mol. The lowest BCUT2D eigenvalue weighted by Crippen LogP contribution is -2.64. The van der Waals surface area contributed by atoms with Crippen molar-refractivity contribution in [2.45, 2.75) is 57.9 Å². The minimum atomic E-state index is -2.11. The zero-order valence-electron chi connectivity index (χ0n) is 16.8. The molecule has 3 unspecified atom stereocenters. The predicted octanol–water partition coefficient (Wildman–Crippen LogP) is 1.84. The molecule has 29 heavy (non-hydrogen) atoms. The van der Waals surface area contributed by atoms with Gasteiger partial charge in [-0.3, -0.25) is 9.59 Å². The van der Waals surface area contributed by atoms with Gasteiger partial charge in [0, 0.05) is 16.7 Å². The number of alkyl halides is 1. The van der Waals surface area contributed by atoms with Gasteiger partial charge >= 0.3 is 5.97 Å². The molecule has 4 rings (SSSR count). The molecule has 0 radical (unpaired) electrons. The van der Waals surface area contributed by atoms with E-state index in [0.717, 1.165) is 0 Å². The van der Waals surface area contributed by atoms with Gasteiger partial charge in [0.05, 0.1) is 6.10 Å². The summed E-state index contributed by atoms with van der Waals surface area (Å²) >= 11 is 0. The van der Waals surface area contributed by atoms with E-state index in [4.69, 9.17) is 0 Å². The van der Waals surface area contributed by atoms with Crippen molar-refractivity contribution in [2.75, 3.05) is 0 Å². The third-order valence-corrected chi connectivity index (χ3v) is 8.60. The smallest absolute Gasteiger partial charge is 0.375 e. The van der Waals surface area contributed by atoms with Crippen molar-refractivity contribution >= 4 is 17.5 Å². The molecule has 0 heterocycles. The number of ketones is 2. The van der Waals surface area contributed by atoms with E-state index in [1.54, 1.807) is 19.9 Å². The summed E-state index contributed by atoms with van der Waals surface area (Å²) in [4.78, 5) is 35.8. The number of allylic oxidation sites excluding steroid dienone is 4. The molecule has 0 aromatic rings. The maximum atomic E-state index is 15.2. The molecule has 3 N–H and O–H groups in total. The number of aliphatic hydroxyl groups is 2. The van der Waals surface area contributed by atoms with Crippen LogP contribution >= 0.6 is 0 Å². The van der Waals surface area contributed by atoms with Crippen LogP contribution < -0.4 is 0 Å². The topological polar surface area (TPSA) is 112 Å². The van der Waals surface area contributed by atoms with Gasteiger partial charge in [-0.05, 0) is 54.7 Å². The van der Waals surface area contributed by atoms with Gasteiger partial charge in [-0.25, -0.2) is 9.18 Å². The first-order chi connectivity index (χ1) is 13.4. The second kappa shape index (κ2) is 6.08. The number of carbonyl (C=O) groups excluding carboxylic acids is 2. The van der Waals surface area contributed by atoms with Crippen LogP contribution in [0.3, 0.4) is 0 Å². The Morgan fingerprint density at radius 1 is 1.24 bits per heavy atom. The van der Waals surface area contributed by atoms with Crippen LogP contribution in [0.4, 0.5) is 4.39 Å². The molecule has 0 aromatic heterocycles. The highest BCUT2D eigenvalue weighted by atomic mass is 19.1. The van der Waals surface area contributed by atoms with Crippen LogP contribution in [0.5, 0.6) is 0 Å². The maximum Gasteiger partial charge on any atom is 0.375 e. The Balaban J connectivity index is 1.82. The van der Waals surface area contributed by atoms with Crippen molar-refractivity contribution in [3.8, 4) is 0 Å². The molecule has 4 aliphatic carbocycles. The average Bonchev–Trinajstić information content (AvgIpc) is 2.83. The number of aliphatic hydroxyl groups excluding tert-OH is 1. The van der Waals surface area contributed by atoms with Crippen LogP contribution in [-0.2, 0) is 14.4 Å². The number of carboxylic acid groups (broad SMARTS) is 1. The minimum Gasteiger partial charge on any atom is -0.475 e. The number of halogens is 1. The van der Waals surface area contributed by atoms with Crippen molar-refractivity contribution in [2.24, 2.45) is 34.5 Å². The molecule has 0 aliphatic heterocycles. The van der Waals surface area contributed by atoms with Crippen LogP contribution in [0.2, 0.25) is 0 Å². The molecule has 6 nitrogen and oxygen atoms in total. The number of hydrogen-bond acceptors (Lipinski definition) is 5. The molecule has 3 saturated carbocycles. The number of aliphatic carboxylic acids is 1. The lowest BCUT2D eigenvalue weighted by atomic mass is 9.46. The summed E-state index contributed by atoms with van der Waals surface area (Å²) in [7, 11) is 0. The number of carboxylic acids is 1. The van der Waals surface area contributed by atoms with Gasteiger partial charge in [0.25, 0.3) is 5.78 Å². The number of rotatable bonds is 2. The van der Waals surface area contributed by atoms with Crippen molar-refractivity contribution in [3.63, 3.8) is 0 Å². The third kappa shape index (κ3) is 2.37. The molecular formula is C22H27FO6. The van der Waals surface area contributed by atoms with Crippen LogP contribution in [0.1, 0.15) is 40.0 Å². The molecule has 0 amide bonds. The van der Waals surface area contributed by atoms with Crippen molar-refractivity contribution in [1.82, 2.24) is 0 Å². The Bertz CT molecular complexity index is 863. The third-order valence-electron chi connectivity index (χ3n) is 8.60. The standard InChI is InChI=1S/C22H27FO6/c1-10-6-13-12-8-15(23)14-7-11(24)4-5-20(14,2)17(12)16(25)9-21(13,3)22(10,29)18(26)19(27)28/h4-5,7,10,12-13,15-17,25,29H,6,8-9H2,1-3H3,(H,27,28)/t10?,12-,13-,15?,16?,17+,20-,21-,22-/m0/s1. The molecule has 0 spiro atoms. The SMILES string of the molecule is CC1C[C@H]2[C@@H]3CC(F)C4=CC(=O)C=C[C@]4(C)[C@H]3C(O)C[C@]2(C)[C@@]1(O)C(=O)C(=O)O. The van der Waals surface area contributed by atoms with E-state index in [9.17, 15) is 29.7 Å². The highest BCUT2D eigenvalue weighted by Crippen LogP contribution is 2.68. The predicted molar refractivity (Wildman–Crippen MR) is 100 cm³/mol. The van der Waals surface area contributed by atoms with Crippen LogP contribution in [-0.4, -0.2) is 50.7 Å². The Morgan fingerprint density at radius 2 is 1.90 bits per heavy atom. The van der Waals surface area contributed by atoms with Gasteiger partial charge in [0.15, 0.2) is 5.78 Å². The molecule has 9 atom stereocenters. The fourth-order valence-electron chi connectivity index (χ4n) is 7.32. The van der Waals surface area contributed by atoms with Crippen molar-refractivity contribution < 1.29 is 34.1 Å². The molecule has 7 heteroatoms. The van der Waals surface area contributed by atoms with Crippen molar-refractivity contribution in [1.29, 1.82) is 0 Å². The second-order valence-corrected chi connectivity index (χ2v) is 9.84. The van der Waals surface area contributed by atoms with E-state index < -0.39 is 46.4 Å². The van der Waals surface area contributed by atoms with E-state index in [1.807, 2.05) is 6.92 Å². The summed E-state index contributed by atoms with van der Waals surface area (Å²) in [6.45, 7) is 5.13. The lowest BCUT2D eigenvalue weighted by molar-refractivity contribution is -0.189. The van der Waals surface area contributed by atoms with Gasteiger partial charge in [-0.1, -0.05) is 26.8 Å². The molecule has 3 fully saturated rings. The Kier molecular flexibility index (Phi) is 4.28. The zero-order chi connectivity index (χ0) is 21.5. The maximum absolute atomic E-state index is 15.2. The van der Waals surface area contributed by atoms with Crippen molar-refractivity contribution in [3.05, 3.63) is 23.8 Å². The second-order valence-electron chi connectivity index (χ2n) is 9.84. The zero-order valence-corrected chi connectivity index (χ0v) is 16.8. The molecule has 4 aliphatic rings. The largest absolute Gasteiger partial charge is 0.475 e. The van der Waals surface area contributed by atoms with Crippen LogP contribution in [0.15, 0.2) is 23.8 Å². The fourth-order valence-corrected chi connectivity index (χ4v) is 7.32. The summed E-state index contributed by atoms with van der Waals surface area (Å²) in [6.07, 6.45) is 2.55. The first-order valence-corrected chi connectivity index (χ1v) is 10.2. The van der Waals surface area contributed by atoms with Gasteiger partial charge in [0.1, 0.15) is 11.8 Å². The lowest BCUT2D eigenvalue weighted by Gasteiger charge is -2.60. The number of hydrogen-bond donors (Lipinski definition) is 3. The monoisotopic (exact) mass is 406 g/mol. The quantitative estimate of drug-likeness (QED) is 0.604. The molecule has 158 valence electrons. The van der Waals surface area contributed by atoms with E-state index in [1.165, 1.54) is 12.2 Å². The normalized spacial score (nSPS) is 51.0. The van der Waals surface area contributed by atoms with Crippen LogP contribution in [0.25, 0.3) is 0 Å². The van der Waals surface area contributed by atoms with Gasteiger partial charge in [-0.2, -0.15) is 0 Å². The number of carbonyl (C=O) groups is 3. The molecule has 0 bridgehead atoms. The summed E-state index contributed by atoms with van der Waals surface area (Å²) in [5.74, 6) is -4.90. The first-order valence-electron chi connectivity index (χ1n) is 10.2. The van der Waals surface area contributed by atoms with Crippen LogP contribution in [0, 0.1) is 34.5 Å². The van der Waals surface area contributed by atoms with E-state index >= 15 is 4.39 Å². The van der Waals surface area contributed by atoms with E-state index in [2.05, 4.69) is 0 Å². The van der Waals surface area contributed by atoms with Gasteiger partial charge < -0.3 is 15.3 Å². The summed E-state index contributed by atoms with van der Waals surface area (Å²) in [6, 6.07) is 0. The fraction of sp³-hybridized carbons (Fsp3) is 0.682. The Labute approximate surface area is 168 Å². The Hall–Kier alpha value is -1.86. The summed E-state index contributed by atoms with van der Waals surface area (Å²) in [5.41, 5.74) is -3.75. The molecule has 0 saturated heterocycles. The van der Waals surface area contributed by atoms with Gasteiger partial charge in [-0.15, -0.1) is 0 Å². The Morgan fingerprint density at radius 3 is 2.52 bits per heavy atom. The van der Waals surface area contributed by atoms with E-state index in [0.29, 0.717) is 12.0 Å². The number of Topliss-reactive ketones (excluding diaryl/α,β-unsaturated/α-hetero) is 1. The van der Waals surface area contributed by atoms with E-state index in [-0.39, 0.29) is 36.4 Å². The first kappa shape index (κ1) is 20.4. The highest BCUT2D eigenvalue weighted by molar-refractivity contribution is 6.36. The van der Waals surface area contributed by atoms with Gasteiger partial charge in [0.2, 0.25) is 0 Å². The summed E-state index contributed by atoms with van der Waals surface area (Å²) < 4.78 is 15.2. The minimum absolute atomic E-state index is 0.0420. The summed E-state index contributed by atoms with van der Waals surface area (Å²) in [5, 5.41) is 31.8. The molecule has 0 aromatic carbocycles. The average molecular weight is 406 g/mol. The highest BCUT2D eigenvalue weighted by Gasteiger charge is 2.72. The number of fused-ring (bicyclic) bond motifs is 5.